The Bertz CT molecular complexity index is 391. The molecule has 4 nitrogen and oxygen atoms in total. The van der Waals surface area contributed by atoms with Crippen LogP contribution in [-0.2, 0) is 6.54 Å². The maximum absolute atomic E-state index is 12.7. The van der Waals surface area contributed by atoms with Crippen LogP contribution in [0.4, 0.5) is 0 Å². The van der Waals surface area contributed by atoms with Gasteiger partial charge in [-0.1, -0.05) is 13.3 Å². The third kappa shape index (κ3) is 2.14. The van der Waals surface area contributed by atoms with Crippen molar-refractivity contribution in [3.63, 3.8) is 0 Å². The summed E-state index contributed by atoms with van der Waals surface area (Å²) in [5.41, 5.74) is 0.575. The summed E-state index contributed by atoms with van der Waals surface area (Å²) in [5.74, 6) is 0.267. The average Bonchev–Trinajstić information content (AvgIpc) is 2.97. The van der Waals surface area contributed by atoms with Gasteiger partial charge < -0.3 is 5.32 Å². The zero-order valence-electron chi connectivity index (χ0n) is 10.7. The van der Waals surface area contributed by atoms with Crippen LogP contribution in [0.2, 0.25) is 0 Å². The lowest BCUT2D eigenvalue weighted by Crippen LogP contribution is -2.35. The lowest BCUT2D eigenvalue weighted by Gasteiger charge is -2.26. The van der Waals surface area contributed by atoms with Crippen LogP contribution in [0, 0.1) is 5.41 Å². The minimum Gasteiger partial charge on any atom is -0.316 e. The van der Waals surface area contributed by atoms with Crippen LogP contribution in [0.3, 0.4) is 0 Å². The molecule has 4 heteroatoms. The lowest BCUT2D eigenvalue weighted by molar-refractivity contribution is 0.0790. The van der Waals surface area contributed by atoms with E-state index in [4.69, 9.17) is 0 Å². The van der Waals surface area contributed by atoms with Crippen LogP contribution in [-0.4, -0.2) is 28.7 Å². The molecule has 1 atom stereocenters. The van der Waals surface area contributed by atoms with E-state index in [1.54, 1.807) is 10.9 Å². The number of aryl methyl sites for hydroxylation is 1. The second-order valence-corrected chi connectivity index (χ2v) is 4.82. The molecule has 0 amide bonds. The van der Waals surface area contributed by atoms with Crippen molar-refractivity contribution in [1.29, 1.82) is 0 Å². The number of carbonyl (C=O) groups excluding carboxylic acids is 1. The number of hydrogen-bond acceptors (Lipinski definition) is 3. The number of hydrogen-bond donors (Lipinski definition) is 1. The Morgan fingerprint density at radius 1 is 1.59 bits per heavy atom. The smallest absolute Gasteiger partial charge is 0.188 e. The van der Waals surface area contributed by atoms with Crippen molar-refractivity contribution in [2.24, 2.45) is 5.41 Å². The van der Waals surface area contributed by atoms with Crippen molar-refractivity contribution in [3.8, 4) is 0 Å². The van der Waals surface area contributed by atoms with E-state index in [2.05, 4.69) is 17.3 Å². The van der Waals surface area contributed by atoms with Crippen molar-refractivity contribution >= 4 is 5.78 Å². The number of nitrogens with one attached hydrogen (secondary N) is 1. The summed E-state index contributed by atoms with van der Waals surface area (Å²) in [6.45, 7) is 6.68. The molecular weight excluding hydrogens is 214 g/mol. The van der Waals surface area contributed by atoms with E-state index in [9.17, 15) is 4.79 Å². The first-order valence-corrected chi connectivity index (χ1v) is 6.51. The van der Waals surface area contributed by atoms with E-state index in [1.807, 2.05) is 13.0 Å². The summed E-state index contributed by atoms with van der Waals surface area (Å²) in [6.07, 6.45) is 4.69. The standard InChI is InChI=1S/C13H21N3O/c1-3-6-13(7-9-14-10-13)12(17)11-5-8-15-16(11)4-2/h5,8,14H,3-4,6-7,9-10H2,1-2H3. The fourth-order valence-corrected chi connectivity index (χ4v) is 2.79. The molecule has 1 aliphatic rings. The molecule has 1 N–H and O–H groups in total. The molecule has 0 saturated carbocycles. The van der Waals surface area contributed by atoms with Crippen LogP contribution in [0.15, 0.2) is 12.3 Å². The van der Waals surface area contributed by atoms with Gasteiger partial charge in [0.1, 0.15) is 5.69 Å². The Kier molecular flexibility index (Phi) is 3.62. The van der Waals surface area contributed by atoms with Crippen molar-refractivity contribution in [2.45, 2.75) is 39.7 Å². The number of aromatic nitrogens is 2. The van der Waals surface area contributed by atoms with E-state index < -0.39 is 0 Å². The maximum atomic E-state index is 12.7. The largest absolute Gasteiger partial charge is 0.316 e. The SMILES string of the molecule is CCCC1(C(=O)c2ccnn2CC)CCNC1. The van der Waals surface area contributed by atoms with E-state index >= 15 is 0 Å². The molecule has 2 rings (SSSR count). The van der Waals surface area contributed by atoms with Gasteiger partial charge in [-0.3, -0.25) is 9.48 Å². The molecule has 0 bridgehead atoms. The monoisotopic (exact) mass is 235 g/mol. The predicted octanol–water partition coefficient (Wildman–Crippen LogP) is 1.87. The third-order valence-electron chi connectivity index (χ3n) is 3.70. The molecule has 0 radical (unpaired) electrons. The van der Waals surface area contributed by atoms with Gasteiger partial charge in [0.15, 0.2) is 5.78 Å². The topological polar surface area (TPSA) is 46.9 Å². The van der Waals surface area contributed by atoms with Crippen molar-refractivity contribution < 1.29 is 4.79 Å². The normalized spacial score (nSPS) is 24.1. The van der Waals surface area contributed by atoms with E-state index in [1.165, 1.54) is 0 Å². The minimum absolute atomic E-state index is 0.193. The summed E-state index contributed by atoms with van der Waals surface area (Å²) in [4.78, 5) is 12.7. The third-order valence-corrected chi connectivity index (χ3v) is 3.70. The van der Waals surface area contributed by atoms with Gasteiger partial charge >= 0.3 is 0 Å². The van der Waals surface area contributed by atoms with Gasteiger partial charge in [-0.05, 0) is 32.4 Å². The highest BCUT2D eigenvalue weighted by molar-refractivity contribution is 5.99. The molecule has 17 heavy (non-hydrogen) atoms. The van der Waals surface area contributed by atoms with Crippen LogP contribution >= 0.6 is 0 Å². The summed E-state index contributed by atoms with van der Waals surface area (Å²) in [5, 5.41) is 7.52. The quantitative estimate of drug-likeness (QED) is 0.792. The number of rotatable bonds is 5. The minimum atomic E-state index is -0.193. The second-order valence-electron chi connectivity index (χ2n) is 4.82. The van der Waals surface area contributed by atoms with Crippen LogP contribution in [0.5, 0.6) is 0 Å². The number of Topliss-reactive ketones (excluding diaryl/α,β-unsaturated/α-hetero) is 1. The Hall–Kier alpha value is -1.16. The van der Waals surface area contributed by atoms with E-state index in [0.29, 0.717) is 0 Å². The van der Waals surface area contributed by atoms with Gasteiger partial charge in [0.2, 0.25) is 0 Å². The molecule has 0 aliphatic carbocycles. The molecule has 1 aromatic rings. The summed E-state index contributed by atoms with van der Waals surface area (Å²) < 4.78 is 1.80. The lowest BCUT2D eigenvalue weighted by atomic mass is 9.77. The molecular formula is C13H21N3O. The molecule has 1 aliphatic heterocycles. The summed E-state index contributed by atoms with van der Waals surface area (Å²) in [7, 11) is 0. The van der Waals surface area contributed by atoms with E-state index in [-0.39, 0.29) is 11.2 Å². The van der Waals surface area contributed by atoms with Crippen molar-refractivity contribution in [3.05, 3.63) is 18.0 Å². The Balaban J connectivity index is 2.28. The van der Waals surface area contributed by atoms with Gasteiger partial charge in [-0.15, -0.1) is 0 Å². The molecule has 94 valence electrons. The highest BCUT2D eigenvalue weighted by Gasteiger charge is 2.41. The molecule has 0 aromatic carbocycles. The van der Waals surface area contributed by atoms with Gasteiger partial charge in [0.25, 0.3) is 0 Å². The van der Waals surface area contributed by atoms with Crippen molar-refractivity contribution in [1.82, 2.24) is 15.1 Å². The number of carbonyl (C=O) groups is 1. The molecule has 1 aromatic heterocycles. The average molecular weight is 235 g/mol. The van der Waals surface area contributed by atoms with Gasteiger partial charge in [0, 0.05) is 24.7 Å². The predicted molar refractivity (Wildman–Crippen MR) is 67.1 cm³/mol. The second kappa shape index (κ2) is 5.00. The maximum Gasteiger partial charge on any atom is 0.188 e. The zero-order valence-corrected chi connectivity index (χ0v) is 10.7. The number of ketones is 1. The van der Waals surface area contributed by atoms with Gasteiger partial charge in [-0.25, -0.2) is 0 Å². The van der Waals surface area contributed by atoms with Gasteiger partial charge in [0.05, 0.1) is 0 Å². The summed E-state index contributed by atoms with van der Waals surface area (Å²) >= 11 is 0. The van der Waals surface area contributed by atoms with Crippen LogP contribution in [0.1, 0.15) is 43.6 Å². The number of nitrogens with zero attached hydrogens (tertiary/aromatic N) is 2. The molecule has 2 heterocycles. The highest BCUT2D eigenvalue weighted by atomic mass is 16.1. The molecule has 1 fully saturated rings. The molecule has 1 unspecified atom stereocenters. The van der Waals surface area contributed by atoms with Gasteiger partial charge in [-0.2, -0.15) is 5.10 Å². The van der Waals surface area contributed by atoms with Crippen LogP contribution < -0.4 is 5.32 Å². The molecule has 0 spiro atoms. The molecule has 1 saturated heterocycles. The first-order chi connectivity index (χ1) is 8.23. The fraction of sp³-hybridized carbons (Fsp3) is 0.692. The fourth-order valence-electron chi connectivity index (χ4n) is 2.79. The first-order valence-electron chi connectivity index (χ1n) is 6.51. The summed E-state index contributed by atoms with van der Waals surface area (Å²) in [6, 6.07) is 1.85. The van der Waals surface area contributed by atoms with Crippen LogP contribution in [0.25, 0.3) is 0 Å². The Labute approximate surface area is 102 Å². The highest BCUT2D eigenvalue weighted by Crippen LogP contribution is 2.34. The Morgan fingerprint density at radius 3 is 3.00 bits per heavy atom. The van der Waals surface area contributed by atoms with Crippen molar-refractivity contribution in [2.75, 3.05) is 13.1 Å². The first kappa shape index (κ1) is 12.3. The van der Waals surface area contributed by atoms with E-state index in [0.717, 1.165) is 44.6 Å². The Morgan fingerprint density at radius 2 is 2.41 bits per heavy atom. The zero-order chi connectivity index (χ0) is 12.3.